The maximum absolute atomic E-state index is 12.8. The van der Waals surface area contributed by atoms with E-state index in [9.17, 15) is 14.9 Å². The normalized spacial score (nSPS) is 13.4. The van der Waals surface area contributed by atoms with Crippen LogP contribution in [0.2, 0.25) is 0 Å². The molecule has 8 nitrogen and oxygen atoms in total. The van der Waals surface area contributed by atoms with Crippen LogP contribution in [0.15, 0.2) is 29.1 Å². The van der Waals surface area contributed by atoms with Gasteiger partial charge in [0.05, 0.1) is 11.0 Å². The minimum Gasteiger partial charge on any atom is -0.354 e. The number of aryl methyl sites for hydroxylation is 1. The number of nitrogens with zero attached hydrogens (tertiary/aromatic N) is 4. The molecule has 1 aromatic carbocycles. The number of aromatic amines is 1. The zero-order valence-electron chi connectivity index (χ0n) is 17.7. The first-order valence-corrected chi connectivity index (χ1v) is 10.4. The molecule has 1 amide bonds. The van der Waals surface area contributed by atoms with Crippen LogP contribution in [-0.2, 0) is 11.2 Å². The van der Waals surface area contributed by atoms with Crippen molar-refractivity contribution >= 4 is 28.6 Å². The number of carbonyl (C=O) groups is 1. The Kier molecular flexibility index (Phi) is 5.67. The number of carbonyl (C=O) groups excluding carboxylic acids is 1. The van der Waals surface area contributed by atoms with E-state index in [0.29, 0.717) is 29.3 Å². The second kappa shape index (κ2) is 8.56. The van der Waals surface area contributed by atoms with Crippen molar-refractivity contribution in [3.05, 3.63) is 57.0 Å². The van der Waals surface area contributed by atoms with Crippen molar-refractivity contribution in [2.75, 3.05) is 23.3 Å². The molecular weight excluding hydrogens is 392 g/mol. The van der Waals surface area contributed by atoms with Gasteiger partial charge >= 0.3 is 0 Å². The number of anilines is 2. The molecule has 0 unspecified atom stereocenters. The minimum absolute atomic E-state index is 0.0951. The van der Waals surface area contributed by atoms with Crippen molar-refractivity contribution in [3.63, 3.8) is 0 Å². The van der Waals surface area contributed by atoms with Crippen molar-refractivity contribution in [1.29, 1.82) is 5.26 Å². The number of nitrogens with one attached hydrogen (secondary N) is 2. The minimum atomic E-state index is -0.396. The Morgan fingerprint density at radius 3 is 2.55 bits per heavy atom. The number of aromatic nitrogens is 3. The highest BCUT2D eigenvalue weighted by molar-refractivity contribution is 5.94. The summed E-state index contributed by atoms with van der Waals surface area (Å²) in [7, 11) is 0. The predicted molar refractivity (Wildman–Crippen MR) is 119 cm³/mol. The lowest BCUT2D eigenvalue weighted by molar-refractivity contribution is -0.116. The van der Waals surface area contributed by atoms with Gasteiger partial charge in [0.15, 0.2) is 11.6 Å². The van der Waals surface area contributed by atoms with E-state index >= 15 is 0 Å². The molecule has 1 fully saturated rings. The second-order valence-corrected chi connectivity index (χ2v) is 7.80. The Morgan fingerprint density at radius 1 is 1.19 bits per heavy atom. The van der Waals surface area contributed by atoms with Crippen molar-refractivity contribution < 1.29 is 4.79 Å². The van der Waals surface area contributed by atoms with Gasteiger partial charge in [-0.15, -0.1) is 0 Å². The van der Waals surface area contributed by atoms with Gasteiger partial charge < -0.3 is 15.2 Å². The molecule has 31 heavy (non-hydrogen) atoms. The number of benzene rings is 1. The monoisotopic (exact) mass is 416 g/mol. The van der Waals surface area contributed by atoms with Crippen molar-refractivity contribution in [2.45, 2.75) is 39.5 Å². The van der Waals surface area contributed by atoms with Gasteiger partial charge in [0.2, 0.25) is 5.91 Å². The van der Waals surface area contributed by atoms with Gasteiger partial charge in [-0.2, -0.15) is 5.26 Å². The van der Waals surface area contributed by atoms with Gasteiger partial charge in [-0.05, 0) is 56.4 Å². The molecule has 1 aliphatic rings. The fraction of sp³-hybridized carbons (Fsp3) is 0.348. The first-order valence-electron chi connectivity index (χ1n) is 10.4. The van der Waals surface area contributed by atoms with Gasteiger partial charge in [-0.25, -0.2) is 9.97 Å². The number of hydrogen-bond donors (Lipinski definition) is 2. The lowest BCUT2D eigenvalue weighted by Crippen LogP contribution is -2.23. The van der Waals surface area contributed by atoms with Crippen molar-refractivity contribution in [1.82, 2.24) is 15.0 Å². The molecule has 1 saturated heterocycles. The summed E-state index contributed by atoms with van der Waals surface area (Å²) in [6.45, 7) is 5.31. The molecule has 0 atom stereocenters. The Hall–Kier alpha value is -3.73. The smallest absolute Gasteiger partial charge is 0.266 e. The Bertz CT molecular complexity index is 1250. The molecule has 1 aliphatic heterocycles. The maximum atomic E-state index is 12.8. The lowest BCUT2D eigenvalue weighted by atomic mass is 9.99. The lowest BCUT2D eigenvalue weighted by Gasteiger charge is -2.20. The van der Waals surface area contributed by atoms with Crippen molar-refractivity contribution in [2.24, 2.45) is 0 Å². The molecule has 0 saturated carbocycles. The highest BCUT2D eigenvalue weighted by Gasteiger charge is 2.21. The van der Waals surface area contributed by atoms with Crippen LogP contribution in [0.5, 0.6) is 0 Å². The van der Waals surface area contributed by atoms with Crippen LogP contribution in [0.4, 0.5) is 11.6 Å². The summed E-state index contributed by atoms with van der Waals surface area (Å²) in [4.78, 5) is 39.0. The maximum Gasteiger partial charge on any atom is 0.266 e. The first kappa shape index (κ1) is 20.5. The Labute approximate surface area is 179 Å². The molecule has 2 aromatic heterocycles. The largest absolute Gasteiger partial charge is 0.354 e. The average Bonchev–Trinajstić information content (AvgIpc) is 3.28. The topological polar surface area (TPSA) is 115 Å². The molecule has 8 heteroatoms. The zero-order chi connectivity index (χ0) is 22.0. The highest BCUT2D eigenvalue weighted by atomic mass is 16.1. The van der Waals surface area contributed by atoms with Gasteiger partial charge in [-0.1, -0.05) is 12.1 Å². The quantitative estimate of drug-likeness (QED) is 0.661. The number of para-hydroxylation sites is 2. The van der Waals surface area contributed by atoms with E-state index in [1.54, 1.807) is 13.8 Å². The Balaban J connectivity index is 1.57. The third kappa shape index (κ3) is 4.12. The molecule has 3 heterocycles. The molecule has 0 radical (unpaired) electrons. The molecule has 4 rings (SSSR count). The van der Waals surface area contributed by atoms with Crippen LogP contribution in [-0.4, -0.2) is 33.9 Å². The second-order valence-electron chi connectivity index (χ2n) is 7.80. The third-order valence-corrected chi connectivity index (χ3v) is 5.74. The van der Waals surface area contributed by atoms with E-state index in [1.165, 1.54) is 0 Å². The SMILES string of the molecule is Cc1[nH]c(=O)c(C#N)c(C)c1CCC(=O)Nc1nc2ccccc2nc1N1CCCC1. The summed E-state index contributed by atoms with van der Waals surface area (Å²) >= 11 is 0. The summed E-state index contributed by atoms with van der Waals surface area (Å²) in [5.74, 6) is 0.986. The molecule has 3 aromatic rings. The zero-order valence-corrected chi connectivity index (χ0v) is 17.7. The fourth-order valence-corrected chi connectivity index (χ4v) is 4.08. The molecule has 0 aliphatic carbocycles. The van der Waals surface area contributed by atoms with Gasteiger partial charge in [0.25, 0.3) is 5.56 Å². The van der Waals surface area contributed by atoms with Crippen LogP contribution in [0, 0.1) is 25.2 Å². The van der Waals surface area contributed by atoms with Crippen molar-refractivity contribution in [3.8, 4) is 6.07 Å². The first-order chi connectivity index (χ1) is 15.0. The summed E-state index contributed by atoms with van der Waals surface area (Å²) in [5.41, 5.74) is 3.34. The van der Waals surface area contributed by atoms with E-state index in [0.717, 1.165) is 42.5 Å². The average molecular weight is 416 g/mol. The number of hydrogen-bond acceptors (Lipinski definition) is 6. The van der Waals surface area contributed by atoms with Crippen LogP contribution in [0.1, 0.15) is 41.6 Å². The number of fused-ring (bicyclic) bond motifs is 1. The molecule has 158 valence electrons. The fourth-order valence-electron chi connectivity index (χ4n) is 4.08. The number of rotatable bonds is 5. The number of amides is 1. The number of H-pyrrole nitrogens is 1. The van der Waals surface area contributed by atoms with Crippen LogP contribution in [0.25, 0.3) is 11.0 Å². The van der Waals surface area contributed by atoms with Crippen LogP contribution < -0.4 is 15.8 Å². The highest BCUT2D eigenvalue weighted by Crippen LogP contribution is 2.28. The van der Waals surface area contributed by atoms with E-state index in [4.69, 9.17) is 4.98 Å². The summed E-state index contributed by atoms with van der Waals surface area (Å²) in [5, 5.41) is 12.2. The Morgan fingerprint density at radius 2 is 1.87 bits per heavy atom. The standard InChI is InChI=1S/C23H24N6O2/c1-14-16(15(2)25-23(31)17(14)13-24)9-10-20(30)28-21-22(29-11-5-6-12-29)27-19-8-4-3-7-18(19)26-21/h3-4,7-8H,5-6,9-12H2,1-2H3,(H,25,31)(H,26,28,30). The molecule has 2 N–H and O–H groups in total. The molecule has 0 bridgehead atoms. The summed E-state index contributed by atoms with van der Waals surface area (Å²) < 4.78 is 0. The predicted octanol–water partition coefficient (Wildman–Crippen LogP) is 2.98. The van der Waals surface area contributed by atoms with Crippen LogP contribution in [0.3, 0.4) is 0 Å². The third-order valence-electron chi connectivity index (χ3n) is 5.74. The van der Waals surface area contributed by atoms with Crippen LogP contribution >= 0.6 is 0 Å². The van der Waals surface area contributed by atoms with Gasteiger partial charge in [0, 0.05) is 25.2 Å². The van der Waals surface area contributed by atoms with Gasteiger partial charge in [-0.3, -0.25) is 9.59 Å². The van der Waals surface area contributed by atoms with E-state index in [-0.39, 0.29) is 17.9 Å². The summed E-state index contributed by atoms with van der Waals surface area (Å²) in [6.07, 6.45) is 2.79. The molecular formula is C23H24N6O2. The van der Waals surface area contributed by atoms with E-state index in [1.807, 2.05) is 30.3 Å². The van der Waals surface area contributed by atoms with E-state index < -0.39 is 5.56 Å². The van der Waals surface area contributed by atoms with Gasteiger partial charge in [0.1, 0.15) is 11.6 Å². The number of nitriles is 1. The number of pyridine rings is 1. The summed E-state index contributed by atoms with van der Waals surface area (Å²) in [6, 6.07) is 9.56. The molecule has 0 spiro atoms. The van der Waals surface area contributed by atoms with E-state index in [2.05, 4.69) is 20.2 Å².